The third-order valence-electron chi connectivity index (χ3n) is 6.90. The van der Waals surface area contributed by atoms with Crippen molar-refractivity contribution in [2.45, 2.75) is 26.0 Å². The number of aromatic amines is 1. The zero-order valence-corrected chi connectivity index (χ0v) is 19.2. The Hall–Kier alpha value is -3.72. The number of fused-ring (bicyclic) bond motifs is 2. The Bertz CT molecular complexity index is 1430. The molecule has 174 valence electrons. The van der Waals surface area contributed by atoms with Gasteiger partial charge in [-0.05, 0) is 44.2 Å². The van der Waals surface area contributed by atoms with Crippen LogP contribution in [0.25, 0.3) is 11.0 Å². The summed E-state index contributed by atoms with van der Waals surface area (Å²) in [5, 5.41) is 4.47. The molecule has 1 N–H and O–H groups in total. The third kappa shape index (κ3) is 3.11. The minimum Gasteiger partial charge on any atom is -0.375 e. The van der Waals surface area contributed by atoms with Gasteiger partial charge in [0.15, 0.2) is 5.69 Å². The van der Waals surface area contributed by atoms with Crippen LogP contribution in [0.3, 0.4) is 0 Å². The van der Waals surface area contributed by atoms with Gasteiger partial charge in [0, 0.05) is 48.3 Å². The summed E-state index contributed by atoms with van der Waals surface area (Å²) >= 11 is 0. The second-order valence-electron chi connectivity index (χ2n) is 8.99. The molecule has 4 heterocycles. The Labute approximate surface area is 195 Å². The zero-order valence-electron chi connectivity index (χ0n) is 19.2. The predicted octanol–water partition coefficient (Wildman–Crippen LogP) is 3.72. The highest BCUT2D eigenvalue weighted by Crippen LogP contribution is 2.44. The van der Waals surface area contributed by atoms with Gasteiger partial charge in [0.1, 0.15) is 5.82 Å². The summed E-state index contributed by atoms with van der Waals surface area (Å²) in [6, 6.07) is 10.2. The largest absolute Gasteiger partial charge is 0.375 e. The van der Waals surface area contributed by atoms with Crippen LogP contribution in [-0.4, -0.2) is 51.5 Å². The molecule has 0 bridgehead atoms. The van der Waals surface area contributed by atoms with Crippen LogP contribution >= 0.6 is 0 Å². The fourth-order valence-electron chi connectivity index (χ4n) is 5.09. The van der Waals surface area contributed by atoms with E-state index in [1.807, 2.05) is 38.1 Å². The van der Waals surface area contributed by atoms with E-state index >= 15 is 4.39 Å². The second kappa shape index (κ2) is 7.66. The minimum absolute atomic E-state index is 0.0948. The van der Waals surface area contributed by atoms with Crippen molar-refractivity contribution in [3.05, 3.63) is 71.1 Å². The maximum Gasteiger partial charge on any atom is 0.280 e. The van der Waals surface area contributed by atoms with Crippen LogP contribution in [0.2, 0.25) is 0 Å². The highest BCUT2D eigenvalue weighted by molar-refractivity contribution is 6.11. The molecule has 1 fully saturated rings. The molecule has 0 aliphatic carbocycles. The van der Waals surface area contributed by atoms with E-state index in [-0.39, 0.29) is 17.8 Å². The Kier molecular flexibility index (Phi) is 4.70. The van der Waals surface area contributed by atoms with Crippen LogP contribution in [-0.2, 0) is 11.8 Å². The molecule has 1 saturated heterocycles. The molecule has 2 aliphatic rings. The van der Waals surface area contributed by atoms with Gasteiger partial charge in [0.25, 0.3) is 5.91 Å². The van der Waals surface area contributed by atoms with Crippen molar-refractivity contribution in [1.82, 2.24) is 19.7 Å². The molecule has 2 atom stereocenters. The van der Waals surface area contributed by atoms with Crippen molar-refractivity contribution >= 4 is 28.3 Å². The van der Waals surface area contributed by atoms with Crippen molar-refractivity contribution in [2.24, 2.45) is 7.05 Å². The van der Waals surface area contributed by atoms with E-state index in [0.717, 1.165) is 28.0 Å². The molecule has 0 spiro atoms. The number of morpholine rings is 1. The van der Waals surface area contributed by atoms with Gasteiger partial charge in [-0.25, -0.2) is 9.37 Å². The van der Waals surface area contributed by atoms with E-state index < -0.39 is 6.04 Å². The number of H-pyrrole nitrogens is 1. The maximum absolute atomic E-state index is 15.8. The van der Waals surface area contributed by atoms with Crippen LogP contribution in [0.5, 0.6) is 0 Å². The summed E-state index contributed by atoms with van der Waals surface area (Å²) in [6.07, 6.45) is 1.71. The first-order chi connectivity index (χ1) is 16.4. The zero-order chi connectivity index (χ0) is 23.6. The van der Waals surface area contributed by atoms with Crippen LogP contribution < -0.4 is 9.80 Å². The molecule has 6 rings (SSSR count). The fourth-order valence-corrected chi connectivity index (χ4v) is 5.09. The molecule has 0 radical (unpaired) electrons. The number of aryl methyl sites for hydroxylation is 1. The number of amides is 1. The van der Waals surface area contributed by atoms with Crippen LogP contribution in [0.1, 0.15) is 40.3 Å². The van der Waals surface area contributed by atoms with E-state index in [4.69, 9.17) is 4.74 Å². The number of benzene rings is 2. The Morgan fingerprint density at radius 3 is 2.79 bits per heavy atom. The summed E-state index contributed by atoms with van der Waals surface area (Å²) in [7, 11) is 1.80. The normalized spacial score (nSPS) is 20.4. The molecular formula is C25H25FN6O2. The lowest BCUT2D eigenvalue weighted by atomic mass is 9.97. The number of nitrogens with one attached hydrogen (secondary N) is 1. The number of anilines is 2. The van der Waals surface area contributed by atoms with Crippen molar-refractivity contribution in [2.75, 3.05) is 29.5 Å². The summed E-state index contributed by atoms with van der Waals surface area (Å²) in [5.74, 6) is -0.591. The smallest absolute Gasteiger partial charge is 0.280 e. The molecule has 34 heavy (non-hydrogen) atoms. The lowest BCUT2D eigenvalue weighted by Gasteiger charge is -2.33. The van der Waals surface area contributed by atoms with E-state index in [1.165, 1.54) is 0 Å². The first-order valence-electron chi connectivity index (χ1n) is 11.4. The predicted molar refractivity (Wildman–Crippen MR) is 127 cm³/mol. The minimum atomic E-state index is -0.616. The van der Waals surface area contributed by atoms with Crippen molar-refractivity contribution < 1.29 is 13.9 Å². The molecule has 1 amide bonds. The van der Waals surface area contributed by atoms with Gasteiger partial charge < -0.3 is 14.6 Å². The summed E-state index contributed by atoms with van der Waals surface area (Å²) in [5.41, 5.74) is 5.47. The highest BCUT2D eigenvalue weighted by Gasteiger charge is 2.44. The Morgan fingerprint density at radius 1 is 1.18 bits per heavy atom. The standard InChI is InChI=1S/C25H25FN6O2/c1-14-12-31(8-9-34-14)16-4-6-18(19(26)10-16)24-22-15(2)30(3)29-23(22)25(33)32(24)17-5-7-20-21(11-17)28-13-27-20/h4-7,10-11,13-14,24H,8-9,12H2,1-3H3,(H,27,28)/t14-,24?/m1/s1. The number of imidazole rings is 1. The number of halogens is 1. The van der Waals surface area contributed by atoms with Gasteiger partial charge >= 0.3 is 0 Å². The number of ether oxygens (including phenoxy) is 1. The van der Waals surface area contributed by atoms with Gasteiger partial charge in [0.05, 0.1) is 36.1 Å². The first kappa shape index (κ1) is 20.9. The van der Waals surface area contributed by atoms with Gasteiger partial charge in [-0.15, -0.1) is 0 Å². The Balaban J connectivity index is 1.47. The van der Waals surface area contributed by atoms with Crippen LogP contribution in [0.4, 0.5) is 15.8 Å². The second-order valence-corrected chi connectivity index (χ2v) is 8.99. The molecule has 2 aliphatic heterocycles. The number of hydrogen-bond acceptors (Lipinski definition) is 5. The average molecular weight is 461 g/mol. The quantitative estimate of drug-likeness (QED) is 0.504. The molecule has 9 heteroatoms. The van der Waals surface area contributed by atoms with Crippen molar-refractivity contribution in [3.8, 4) is 0 Å². The van der Waals surface area contributed by atoms with E-state index in [1.54, 1.807) is 35.1 Å². The van der Waals surface area contributed by atoms with E-state index in [0.29, 0.717) is 36.6 Å². The molecule has 2 aromatic heterocycles. The monoisotopic (exact) mass is 460 g/mol. The number of rotatable bonds is 3. The summed E-state index contributed by atoms with van der Waals surface area (Å²) < 4.78 is 23.1. The van der Waals surface area contributed by atoms with Gasteiger partial charge in [-0.1, -0.05) is 6.07 Å². The SMILES string of the molecule is Cc1c2c(nn1C)C(=O)N(c1ccc3nc[nH]c3c1)C2c1ccc(N2CCO[C@H](C)C2)cc1F. The van der Waals surface area contributed by atoms with Crippen LogP contribution in [0.15, 0.2) is 42.7 Å². The topological polar surface area (TPSA) is 79.3 Å². The molecule has 8 nitrogen and oxygen atoms in total. The molecule has 2 aromatic carbocycles. The summed E-state index contributed by atoms with van der Waals surface area (Å²) in [6.45, 7) is 5.97. The number of carbonyl (C=O) groups is 1. The highest BCUT2D eigenvalue weighted by atomic mass is 19.1. The molecular weight excluding hydrogens is 435 g/mol. The summed E-state index contributed by atoms with van der Waals surface area (Å²) in [4.78, 5) is 24.7. The molecule has 4 aromatic rings. The number of carbonyl (C=O) groups excluding carboxylic acids is 1. The Morgan fingerprint density at radius 2 is 2.00 bits per heavy atom. The molecule has 0 saturated carbocycles. The number of aromatic nitrogens is 4. The first-order valence-corrected chi connectivity index (χ1v) is 11.4. The van der Waals surface area contributed by atoms with Gasteiger partial charge in [-0.2, -0.15) is 5.10 Å². The van der Waals surface area contributed by atoms with Gasteiger partial charge in [-0.3, -0.25) is 14.4 Å². The average Bonchev–Trinajstić information content (AvgIpc) is 3.48. The van der Waals surface area contributed by atoms with E-state index in [2.05, 4.69) is 20.0 Å². The molecule has 1 unspecified atom stereocenters. The van der Waals surface area contributed by atoms with E-state index in [9.17, 15) is 4.79 Å². The number of nitrogens with zero attached hydrogens (tertiary/aromatic N) is 5. The number of hydrogen-bond donors (Lipinski definition) is 1. The van der Waals surface area contributed by atoms with Crippen LogP contribution in [0, 0.1) is 12.7 Å². The fraction of sp³-hybridized carbons (Fsp3) is 0.320. The third-order valence-corrected chi connectivity index (χ3v) is 6.90. The van der Waals surface area contributed by atoms with Crippen molar-refractivity contribution in [1.29, 1.82) is 0 Å². The lowest BCUT2D eigenvalue weighted by molar-refractivity contribution is 0.0532. The lowest BCUT2D eigenvalue weighted by Crippen LogP contribution is -2.41. The maximum atomic E-state index is 15.8. The van der Waals surface area contributed by atoms with Gasteiger partial charge in [0.2, 0.25) is 0 Å². The van der Waals surface area contributed by atoms with Crippen molar-refractivity contribution in [3.63, 3.8) is 0 Å².